The lowest BCUT2D eigenvalue weighted by molar-refractivity contribution is 0.0263. The fourth-order valence-corrected chi connectivity index (χ4v) is 5.05. The SMILES string of the molecule is CC(C)C1(C2CCCCCCCCC2)CCCCC1. The third-order valence-corrected chi connectivity index (χ3v) is 6.35. The number of rotatable bonds is 2. The first-order valence-corrected chi connectivity index (χ1v) is 9.26. The highest BCUT2D eigenvalue weighted by atomic mass is 14.5. The van der Waals surface area contributed by atoms with Crippen molar-refractivity contribution in [3.8, 4) is 0 Å². The summed E-state index contributed by atoms with van der Waals surface area (Å²) in [4.78, 5) is 0. The smallest absolute Gasteiger partial charge is 0.0246 e. The van der Waals surface area contributed by atoms with Gasteiger partial charge in [-0.1, -0.05) is 78.1 Å². The van der Waals surface area contributed by atoms with Crippen LogP contribution in [0.3, 0.4) is 0 Å². The molecule has 0 aliphatic heterocycles. The summed E-state index contributed by atoms with van der Waals surface area (Å²) in [6.07, 6.45) is 21.2. The van der Waals surface area contributed by atoms with E-state index in [1.807, 2.05) is 0 Å². The minimum Gasteiger partial charge on any atom is -0.0622 e. The van der Waals surface area contributed by atoms with Crippen LogP contribution in [0.25, 0.3) is 0 Å². The van der Waals surface area contributed by atoms with Crippen molar-refractivity contribution in [2.75, 3.05) is 0 Å². The van der Waals surface area contributed by atoms with Crippen molar-refractivity contribution in [2.45, 2.75) is 104 Å². The van der Waals surface area contributed by atoms with Gasteiger partial charge in [-0.3, -0.25) is 0 Å². The van der Waals surface area contributed by atoms with Gasteiger partial charge in [0.05, 0.1) is 0 Å². The third-order valence-electron chi connectivity index (χ3n) is 6.35. The van der Waals surface area contributed by atoms with E-state index in [1.54, 1.807) is 0 Å². The van der Waals surface area contributed by atoms with Crippen LogP contribution in [-0.2, 0) is 0 Å². The van der Waals surface area contributed by atoms with Gasteiger partial charge in [-0.05, 0) is 42.9 Å². The average Bonchev–Trinajstić information content (AvgIpc) is 2.45. The van der Waals surface area contributed by atoms with Gasteiger partial charge in [-0.2, -0.15) is 0 Å². The normalized spacial score (nSPS) is 27.3. The van der Waals surface area contributed by atoms with Crippen molar-refractivity contribution < 1.29 is 0 Å². The van der Waals surface area contributed by atoms with E-state index in [4.69, 9.17) is 0 Å². The topological polar surface area (TPSA) is 0 Å². The maximum Gasteiger partial charge on any atom is -0.0246 e. The molecule has 0 radical (unpaired) electrons. The predicted octanol–water partition coefficient (Wildman–Crippen LogP) is 6.73. The summed E-state index contributed by atoms with van der Waals surface area (Å²) in [6, 6.07) is 0. The van der Waals surface area contributed by atoms with Crippen molar-refractivity contribution in [1.29, 1.82) is 0 Å². The van der Waals surface area contributed by atoms with Gasteiger partial charge < -0.3 is 0 Å². The monoisotopic (exact) mass is 264 g/mol. The lowest BCUT2D eigenvalue weighted by Crippen LogP contribution is -2.38. The van der Waals surface area contributed by atoms with E-state index in [9.17, 15) is 0 Å². The van der Waals surface area contributed by atoms with Gasteiger partial charge in [0, 0.05) is 0 Å². The fourth-order valence-electron chi connectivity index (χ4n) is 5.05. The van der Waals surface area contributed by atoms with Crippen LogP contribution in [-0.4, -0.2) is 0 Å². The Morgan fingerprint density at radius 3 is 1.53 bits per heavy atom. The molecule has 2 aliphatic rings. The van der Waals surface area contributed by atoms with Gasteiger partial charge in [0.2, 0.25) is 0 Å². The Balaban J connectivity index is 2.03. The zero-order chi connectivity index (χ0) is 13.6. The summed E-state index contributed by atoms with van der Waals surface area (Å²) >= 11 is 0. The Morgan fingerprint density at radius 1 is 0.632 bits per heavy atom. The standard InChI is InChI=1S/C19H36/c1-17(2)19(15-11-8-12-16-19)18-13-9-6-4-3-5-7-10-14-18/h17-18H,3-16H2,1-2H3. The zero-order valence-electron chi connectivity index (χ0n) is 13.6. The molecule has 0 unspecified atom stereocenters. The first-order valence-electron chi connectivity index (χ1n) is 9.26. The molecule has 2 saturated carbocycles. The maximum absolute atomic E-state index is 2.52. The molecule has 0 nitrogen and oxygen atoms in total. The van der Waals surface area contributed by atoms with Gasteiger partial charge in [0.1, 0.15) is 0 Å². The van der Waals surface area contributed by atoms with Crippen LogP contribution in [0.1, 0.15) is 104 Å². The molecule has 0 amide bonds. The molecule has 2 fully saturated rings. The molecule has 2 rings (SSSR count). The van der Waals surface area contributed by atoms with Crippen LogP contribution in [0.15, 0.2) is 0 Å². The van der Waals surface area contributed by atoms with E-state index in [1.165, 1.54) is 89.9 Å². The highest BCUT2D eigenvalue weighted by Crippen LogP contribution is 2.51. The summed E-state index contributed by atoms with van der Waals surface area (Å²) in [7, 11) is 0. The molecule has 0 aromatic rings. The number of hydrogen-bond acceptors (Lipinski definition) is 0. The van der Waals surface area contributed by atoms with Crippen LogP contribution >= 0.6 is 0 Å². The molecular formula is C19H36. The molecule has 0 aromatic carbocycles. The molecule has 112 valence electrons. The molecular weight excluding hydrogens is 228 g/mol. The average molecular weight is 264 g/mol. The fraction of sp³-hybridized carbons (Fsp3) is 1.00. The van der Waals surface area contributed by atoms with Crippen molar-refractivity contribution in [1.82, 2.24) is 0 Å². The molecule has 2 aliphatic carbocycles. The summed E-state index contributed by atoms with van der Waals surface area (Å²) in [5.41, 5.74) is 0.720. The van der Waals surface area contributed by atoms with Crippen LogP contribution < -0.4 is 0 Å². The second kappa shape index (κ2) is 7.70. The largest absolute Gasteiger partial charge is 0.0622 e. The molecule has 0 atom stereocenters. The van der Waals surface area contributed by atoms with Crippen molar-refractivity contribution in [3.63, 3.8) is 0 Å². The summed E-state index contributed by atoms with van der Waals surface area (Å²) < 4.78 is 0. The van der Waals surface area contributed by atoms with E-state index in [0.717, 1.165) is 17.3 Å². The Morgan fingerprint density at radius 2 is 1.05 bits per heavy atom. The minimum atomic E-state index is 0.720. The Kier molecular flexibility index (Phi) is 6.23. The summed E-state index contributed by atoms with van der Waals surface area (Å²) in [5.74, 6) is 1.95. The van der Waals surface area contributed by atoms with Gasteiger partial charge in [-0.25, -0.2) is 0 Å². The molecule has 0 heterocycles. The third kappa shape index (κ3) is 3.99. The van der Waals surface area contributed by atoms with Crippen LogP contribution in [0.5, 0.6) is 0 Å². The van der Waals surface area contributed by atoms with E-state index in [0.29, 0.717) is 0 Å². The van der Waals surface area contributed by atoms with E-state index in [-0.39, 0.29) is 0 Å². The van der Waals surface area contributed by atoms with Gasteiger partial charge in [0.25, 0.3) is 0 Å². The lowest BCUT2D eigenvalue weighted by Gasteiger charge is -2.48. The molecule has 0 heteroatoms. The van der Waals surface area contributed by atoms with Crippen molar-refractivity contribution in [2.24, 2.45) is 17.3 Å². The molecule has 0 bridgehead atoms. The maximum atomic E-state index is 2.52. The lowest BCUT2D eigenvalue weighted by atomic mass is 9.57. The number of hydrogen-bond donors (Lipinski definition) is 0. The summed E-state index contributed by atoms with van der Waals surface area (Å²) in [6.45, 7) is 5.04. The zero-order valence-corrected chi connectivity index (χ0v) is 13.6. The predicted molar refractivity (Wildman–Crippen MR) is 85.4 cm³/mol. The van der Waals surface area contributed by atoms with Gasteiger partial charge in [-0.15, -0.1) is 0 Å². The minimum absolute atomic E-state index is 0.720. The van der Waals surface area contributed by atoms with Crippen molar-refractivity contribution >= 4 is 0 Å². The quantitative estimate of drug-likeness (QED) is 0.518. The molecule has 0 spiro atoms. The second-order valence-electron chi connectivity index (χ2n) is 7.70. The van der Waals surface area contributed by atoms with E-state index in [2.05, 4.69) is 13.8 Å². The Labute approximate surface area is 121 Å². The molecule has 19 heavy (non-hydrogen) atoms. The summed E-state index contributed by atoms with van der Waals surface area (Å²) in [5, 5.41) is 0. The molecule has 0 aromatic heterocycles. The van der Waals surface area contributed by atoms with Crippen LogP contribution in [0.4, 0.5) is 0 Å². The van der Waals surface area contributed by atoms with E-state index < -0.39 is 0 Å². The highest BCUT2D eigenvalue weighted by Gasteiger charge is 2.41. The molecule has 0 saturated heterocycles. The van der Waals surface area contributed by atoms with Crippen LogP contribution in [0, 0.1) is 17.3 Å². The highest BCUT2D eigenvalue weighted by molar-refractivity contribution is 4.91. The first kappa shape index (κ1) is 15.4. The first-order chi connectivity index (χ1) is 9.26. The van der Waals surface area contributed by atoms with Gasteiger partial charge in [0.15, 0.2) is 0 Å². The van der Waals surface area contributed by atoms with Gasteiger partial charge >= 0.3 is 0 Å². The van der Waals surface area contributed by atoms with Crippen molar-refractivity contribution in [3.05, 3.63) is 0 Å². The van der Waals surface area contributed by atoms with E-state index >= 15 is 0 Å². The second-order valence-corrected chi connectivity index (χ2v) is 7.70. The van der Waals surface area contributed by atoms with Crippen LogP contribution in [0.2, 0.25) is 0 Å². The Bertz CT molecular complexity index is 224. The Hall–Kier alpha value is 0. The molecule has 0 N–H and O–H groups in total.